The van der Waals surface area contributed by atoms with Gasteiger partial charge in [-0.05, 0) is 47.4 Å². The Balaban J connectivity index is 1.44. The summed E-state index contributed by atoms with van der Waals surface area (Å²) in [5.41, 5.74) is 2.54. The second kappa shape index (κ2) is 8.13. The van der Waals surface area contributed by atoms with E-state index in [-0.39, 0.29) is 12.1 Å². The molecule has 30 heavy (non-hydrogen) atoms. The molecule has 0 unspecified atom stereocenters. The van der Waals surface area contributed by atoms with Crippen LogP contribution in [0.15, 0.2) is 59.3 Å². The van der Waals surface area contributed by atoms with Gasteiger partial charge in [-0.15, -0.1) is 0 Å². The van der Waals surface area contributed by atoms with Crippen LogP contribution in [0.5, 0.6) is 5.75 Å². The molecule has 2 aromatic heterocycles. The number of aromatic nitrogens is 4. The van der Waals surface area contributed by atoms with Gasteiger partial charge in [0.2, 0.25) is 5.82 Å². The van der Waals surface area contributed by atoms with Gasteiger partial charge in [0.25, 0.3) is 5.89 Å². The molecule has 0 aliphatic rings. The summed E-state index contributed by atoms with van der Waals surface area (Å²) in [5.74, 6) is 1.44. The Kier molecular flexibility index (Phi) is 5.54. The lowest BCUT2D eigenvalue weighted by Gasteiger charge is -2.19. The molecule has 0 aliphatic heterocycles. The molecule has 154 valence electrons. The van der Waals surface area contributed by atoms with Gasteiger partial charge in [-0.3, -0.25) is 0 Å². The highest BCUT2D eigenvalue weighted by molar-refractivity contribution is 6.36. The fourth-order valence-electron chi connectivity index (χ4n) is 2.85. The van der Waals surface area contributed by atoms with E-state index < -0.39 is 0 Å². The molecule has 4 aromatic rings. The van der Waals surface area contributed by atoms with Gasteiger partial charge >= 0.3 is 0 Å². The van der Waals surface area contributed by atoms with Crippen LogP contribution in [-0.4, -0.2) is 19.9 Å². The van der Waals surface area contributed by atoms with Gasteiger partial charge < -0.3 is 9.26 Å². The summed E-state index contributed by atoms with van der Waals surface area (Å²) in [4.78, 5) is 4.38. The Hall–Kier alpha value is -2.83. The molecule has 0 fully saturated rings. The topological polar surface area (TPSA) is 66.0 Å². The highest BCUT2D eigenvalue weighted by Crippen LogP contribution is 2.30. The summed E-state index contributed by atoms with van der Waals surface area (Å²) in [5, 5.41) is 9.42. The highest BCUT2D eigenvalue weighted by Gasteiger charge is 2.16. The monoisotopic (exact) mass is 442 g/mol. The molecule has 2 aromatic carbocycles. The normalized spacial score (nSPS) is 11.6. The molecule has 0 aliphatic carbocycles. The Morgan fingerprint density at radius 2 is 1.80 bits per heavy atom. The Morgan fingerprint density at radius 1 is 1.03 bits per heavy atom. The molecule has 0 saturated carbocycles. The van der Waals surface area contributed by atoms with Crippen LogP contribution in [0.25, 0.3) is 23.0 Å². The van der Waals surface area contributed by atoms with Crippen molar-refractivity contribution in [1.29, 1.82) is 0 Å². The minimum absolute atomic E-state index is 0.106. The first-order valence-electron chi connectivity index (χ1n) is 9.36. The number of hydrogen-bond acceptors (Lipinski definition) is 5. The largest absolute Gasteiger partial charge is 0.471 e. The molecule has 0 amide bonds. The van der Waals surface area contributed by atoms with Crippen LogP contribution in [0.2, 0.25) is 10.0 Å². The Labute approximate surface area is 184 Å². The van der Waals surface area contributed by atoms with Crippen molar-refractivity contribution in [1.82, 2.24) is 19.9 Å². The maximum Gasteiger partial charge on any atom is 0.278 e. The van der Waals surface area contributed by atoms with Crippen molar-refractivity contribution in [2.75, 3.05) is 0 Å². The maximum atomic E-state index is 6.22. The van der Waals surface area contributed by atoms with Crippen molar-refractivity contribution in [3.05, 3.63) is 70.3 Å². The Bertz CT molecular complexity index is 1160. The fourth-order valence-corrected chi connectivity index (χ4v) is 3.34. The van der Waals surface area contributed by atoms with Gasteiger partial charge in [-0.2, -0.15) is 10.1 Å². The summed E-state index contributed by atoms with van der Waals surface area (Å²) in [6.07, 6.45) is 1.79. The molecule has 0 atom stereocenters. The molecule has 0 bridgehead atoms. The predicted octanol–water partition coefficient (Wildman–Crippen LogP) is 6.24. The smallest absolute Gasteiger partial charge is 0.278 e. The molecule has 0 saturated heterocycles. The van der Waals surface area contributed by atoms with Gasteiger partial charge in [-0.25, -0.2) is 4.68 Å². The first-order chi connectivity index (χ1) is 14.3. The zero-order chi connectivity index (χ0) is 21.3. The van der Waals surface area contributed by atoms with Crippen LogP contribution in [0, 0.1) is 0 Å². The van der Waals surface area contributed by atoms with Crippen molar-refractivity contribution in [3.8, 4) is 28.7 Å². The van der Waals surface area contributed by atoms with E-state index in [0.29, 0.717) is 33.0 Å². The Morgan fingerprint density at radius 3 is 2.50 bits per heavy atom. The lowest BCUT2D eigenvalue weighted by molar-refractivity contribution is 0.221. The van der Waals surface area contributed by atoms with Gasteiger partial charge in [0, 0.05) is 16.8 Å². The second-order valence-corrected chi connectivity index (χ2v) is 8.68. The van der Waals surface area contributed by atoms with E-state index in [1.807, 2.05) is 12.1 Å². The average Bonchev–Trinajstić information content (AvgIpc) is 3.35. The standard InChI is InChI=1S/C22H20Cl2N4O2/c1-22(2,3)14-4-7-16(8-5-14)29-13-28-11-10-19(26-28)21-25-20(27-30-21)17-9-6-15(23)12-18(17)24/h4-12H,13H2,1-3H3. The van der Waals surface area contributed by atoms with Crippen LogP contribution >= 0.6 is 23.2 Å². The van der Waals surface area contributed by atoms with Crippen molar-refractivity contribution < 1.29 is 9.26 Å². The van der Waals surface area contributed by atoms with E-state index in [1.165, 1.54) is 5.56 Å². The van der Waals surface area contributed by atoms with Crippen molar-refractivity contribution in [2.45, 2.75) is 32.9 Å². The molecular weight excluding hydrogens is 423 g/mol. The summed E-state index contributed by atoms with van der Waals surface area (Å²) in [7, 11) is 0. The number of halogens is 2. The van der Waals surface area contributed by atoms with E-state index in [4.69, 9.17) is 32.5 Å². The second-order valence-electron chi connectivity index (χ2n) is 7.84. The molecule has 0 spiro atoms. The van der Waals surface area contributed by atoms with Crippen LogP contribution in [-0.2, 0) is 12.1 Å². The summed E-state index contributed by atoms with van der Waals surface area (Å²) in [6, 6.07) is 15.0. The molecule has 6 nitrogen and oxygen atoms in total. The molecular formula is C22H20Cl2N4O2. The number of benzene rings is 2. The van der Waals surface area contributed by atoms with Gasteiger partial charge in [-0.1, -0.05) is 61.3 Å². The number of rotatable bonds is 5. The summed E-state index contributed by atoms with van der Waals surface area (Å²) < 4.78 is 12.8. The van der Waals surface area contributed by atoms with Gasteiger partial charge in [0.05, 0.1) is 5.02 Å². The third kappa shape index (κ3) is 4.50. The highest BCUT2D eigenvalue weighted by atomic mass is 35.5. The number of hydrogen-bond donors (Lipinski definition) is 0. The van der Waals surface area contributed by atoms with E-state index in [1.54, 1.807) is 35.1 Å². The minimum Gasteiger partial charge on any atom is -0.471 e. The summed E-state index contributed by atoms with van der Waals surface area (Å²) in [6.45, 7) is 6.80. The lowest BCUT2D eigenvalue weighted by atomic mass is 9.87. The maximum absolute atomic E-state index is 6.22. The quantitative estimate of drug-likeness (QED) is 0.365. The predicted molar refractivity (Wildman–Crippen MR) is 117 cm³/mol. The molecule has 0 radical (unpaired) electrons. The first kappa shape index (κ1) is 20.4. The van der Waals surface area contributed by atoms with Crippen LogP contribution in [0.3, 0.4) is 0 Å². The van der Waals surface area contributed by atoms with Crippen molar-refractivity contribution >= 4 is 23.2 Å². The van der Waals surface area contributed by atoms with E-state index in [0.717, 1.165) is 5.75 Å². The lowest BCUT2D eigenvalue weighted by Crippen LogP contribution is -2.11. The molecule has 0 N–H and O–H groups in total. The third-order valence-corrected chi connectivity index (χ3v) is 5.09. The molecule has 2 heterocycles. The third-order valence-electron chi connectivity index (χ3n) is 4.54. The SMILES string of the molecule is CC(C)(C)c1ccc(OCn2ccc(-c3nc(-c4ccc(Cl)cc4Cl)no3)n2)cc1. The van der Waals surface area contributed by atoms with Crippen LogP contribution in [0.1, 0.15) is 26.3 Å². The van der Waals surface area contributed by atoms with Gasteiger partial charge in [0.15, 0.2) is 12.4 Å². The van der Waals surface area contributed by atoms with Crippen LogP contribution < -0.4 is 4.74 Å². The van der Waals surface area contributed by atoms with Crippen molar-refractivity contribution in [3.63, 3.8) is 0 Å². The van der Waals surface area contributed by atoms with E-state index >= 15 is 0 Å². The molecule has 8 heteroatoms. The van der Waals surface area contributed by atoms with E-state index in [9.17, 15) is 0 Å². The number of nitrogens with zero attached hydrogens (tertiary/aromatic N) is 4. The zero-order valence-corrected chi connectivity index (χ0v) is 18.3. The minimum atomic E-state index is 0.106. The van der Waals surface area contributed by atoms with Crippen LogP contribution in [0.4, 0.5) is 0 Å². The zero-order valence-electron chi connectivity index (χ0n) is 16.8. The first-order valence-corrected chi connectivity index (χ1v) is 10.1. The van der Waals surface area contributed by atoms with Gasteiger partial charge in [0.1, 0.15) is 5.75 Å². The molecule has 4 rings (SSSR count). The van der Waals surface area contributed by atoms with Crippen molar-refractivity contribution in [2.24, 2.45) is 0 Å². The number of ether oxygens (including phenoxy) is 1. The average molecular weight is 443 g/mol. The summed E-state index contributed by atoms with van der Waals surface area (Å²) >= 11 is 12.2. The van der Waals surface area contributed by atoms with E-state index in [2.05, 4.69) is 48.1 Å². The fraction of sp³-hybridized carbons (Fsp3) is 0.227.